The Kier molecular flexibility index (Phi) is 5.38. The molecule has 0 saturated heterocycles. The molecule has 0 aromatic heterocycles. The van der Waals surface area contributed by atoms with Crippen molar-refractivity contribution in [3.8, 4) is 11.5 Å². The average Bonchev–Trinajstić information content (AvgIpc) is 2.38. The summed E-state index contributed by atoms with van der Waals surface area (Å²) in [6.07, 6.45) is 2.30. The molecule has 0 saturated carbocycles. The number of carbonyl (C=O) groups is 2. The van der Waals surface area contributed by atoms with E-state index in [0.717, 1.165) is 6.08 Å². The first-order chi connectivity index (χ1) is 8.99. The van der Waals surface area contributed by atoms with Crippen LogP contribution >= 0.6 is 11.6 Å². The lowest BCUT2D eigenvalue weighted by atomic mass is 10.1. The third kappa shape index (κ3) is 3.99. The summed E-state index contributed by atoms with van der Waals surface area (Å²) >= 11 is 6.03. The fourth-order valence-corrected chi connectivity index (χ4v) is 1.64. The molecule has 0 atom stereocenters. The van der Waals surface area contributed by atoms with E-state index >= 15 is 0 Å². The topological polar surface area (TPSA) is 72.8 Å². The van der Waals surface area contributed by atoms with Gasteiger partial charge in [0.25, 0.3) is 5.78 Å². The zero-order chi connectivity index (χ0) is 14.4. The predicted octanol–water partition coefficient (Wildman–Crippen LogP) is 2.41. The van der Waals surface area contributed by atoms with Crippen molar-refractivity contribution in [2.75, 3.05) is 13.7 Å². The highest BCUT2D eigenvalue weighted by molar-refractivity contribution is 6.38. The van der Waals surface area contributed by atoms with E-state index in [1.54, 1.807) is 12.1 Å². The van der Waals surface area contributed by atoms with E-state index < -0.39 is 11.8 Å². The molecule has 1 aromatic rings. The highest BCUT2D eigenvalue weighted by atomic mass is 35.5. The van der Waals surface area contributed by atoms with E-state index in [2.05, 4.69) is 0 Å². The van der Waals surface area contributed by atoms with Crippen molar-refractivity contribution < 1.29 is 24.2 Å². The number of hydrogen-bond acceptors (Lipinski definition) is 4. The van der Waals surface area contributed by atoms with Crippen LogP contribution in [0.4, 0.5) is 0 Å². The molecule has 0 radical (unpaired) electrons. The normalized spacial score (nSPS) is 10.5. The van der Waals surface area contributed by atoms with Crippen LogP contribution in [-0.2, 0) is 9.59 Å². The van der Waals surface area contributed by atoms with Crippen molar-refractivity contribution in [3.63, 3.8) is 0 Å². The largest absolute Gasteiger partial charge is 0.493 e. The molecule has 0 unspecified atom stereocenters. The summed E-state index contributed by atoms with van der Waals surface area (Å²) in [6.45, 7) is 2.25. The number of ether oxygens (including phenoxy) is 2. The summed E-state index contributed by atoms with van der Waals surface area (Å²) in [6, 6.07) is 3.16. The molecule has 0 aliphatic carbocycles. The number of methoxy groups -OCH3 is 1. The monoisotopic (exact) mass is 284 g/mol. The molecule has 1 aromatic carbocycles. The van der Waals surface area contributed by atoms with Gasteiger partial charge in [-0.3, -0.25) is 4.79 Å². The van der Waals surface area contributed by atoms with Gasteiger partial charge >= 0.3 is 5.97 Å². The molecule has 6 heteroatoms. The molecule has 1 rings (SSSR count). The highest BCUT2D eigenvalue weighted by Crippen LogP contribution is 2.36. The van der Waals surface area contributed by atoms with Crippen LogP contribution in [0, 0.1) is 0 Å². The Hall–Kier alpha value is -2.01. The van der Waals surface area contributed by atoms with E-state index in [9.17, 15) is 9.59 Å². The van der Waals surface area contributed by atoms with Crippen molar-refractivity contribution in [3.05, 3.63) is 28.8 Å². The number of ketones is 1. The Balaban J connectivity index is 3.08. The first kappa shape index (κ1) is 15.0. The first-order valence-corrected chi connectivity index (χ1v) is 5.83. The fourth-order valence-electron chi connectivity index (χ4n) is 1.36. The Bertz CT molecular complexity index is 522. The first-order valence-electron chi connectivity index (χ1n) is 5.45. The van der Waals surface area contributed by atoms with Gasteiger partial charge in [0.15, 0.2) is 11.5 Å². The lowest BCUT2D eigenvalue weighted by Gasteiger charge is -2.11. The van der Waals surface area contributed by atoms with Crippen LogP contribution in [0.2, 0.25) is 5.02 Å². The minimum Gasteiger partial charge on any atom is -0.493 e. The van der Waals surface area contributed by atoms with Gasteiger partial charge < -0.3 is 14.6 Å². The Morgan fingerprint density at radius 3 is 2.63 bits per heavy atom. The molecule has 5 nitrogen and oxygen atoms in total. The van der Waals surface area contributed by atoms with E-state index in [1.165, 1.54) is 13.2 Å². The number of carboxylic acids is 1. The van der Waals surface area contributed by atoms with Gasteiger partial charge in [-0.1, -0.05) is 17.7 Å². The molecular formula is C13H13ClO5. The second-order valence-electron chi connectivity index (χ2n) is 3.47. The Labute approximate surface area is 115 Å². The van der Waals surface area contributed by atoms with Crippen molar-refractivity contribution >= 4 is 29.4 Å². The maximum absolute atomic E-state index is 10.9. The number of benzene rings is 1. The smallest absolute Gasteiger partial charge is 0.376 e. The molecule has 0 spiro atoms. The van der Waals surface area contributed by atoms with Gasteiger partial charge in [0.05, 0.1) is 18.7 Å². The van der Waals surface area contributed by atoms with E-state index in [1.807, 2.05) is 6.92 Å². The third-order valence-electron chi connectivity index (χ3n) is 2.18. The van der Waals surface area contributed by atoms with Gasteiger partial charge in [-0.05, 0) is 30.7 Å². The van der Waals surface area contributed by atoms with Crippen LogP contribution in [-0.4, -0.2) is 30.6 Å². The second kappa shape index (κ2) is 6.80. The van der Waals surface area contributed by atoms with E-state index in [0.29, 0.717) is 28.7 Å². The third-order valence-corrected chi connectivity index (χ3v) is 2.46. The molecule has 19 heavy (non-hydrogen) atoms. The van der Waals surface area contributed by atoms with Gasteiger partial charge in [-0.2, -0.15) is 0 Å². The number of aliphatic carboxylic acids is 1. The minimum atomic E-state index is -1.51. The number of hydrogen-bond donors (Lipinski definition) is 1. The second-order valence-corrected chi connectivity index (χ2v) is 3.88. The maximum Gasteiger partial charge on any atom is 0.376 e. The van der Waals surface area contributed by atoms with Crippen LogP contribution in [0.25, 0.3) is 6.08 Å². The standard InChI is InChI=1S/C13H13ClO5/c1-3-19-12-9(14)6-8(7-11(12)18-2)4-5-10(15)13(16)17/h4-7H,3H2,1-2H3,(H,16,17)/b5-4+. The van der Waals surface area contributed by atoms with Crippen LogP contribution in [0.3, 0.4) is 0 Å². The van der Waals surface area contributed by atoms with Gasteiger partial charge in [-0.25, -0.2) is 4.79 Å². The lowest BCUT2D eigenvalue weighted by Crippen LogP contribution is -2.08. The van der Waals surface area contributed by atoms with E-state index in [-0.39, 0.29) is 0 Å². The SMILES string of the molecule is CCOc1c(Cl)cc(/C=C/C(=O)C(=O)O)cc1OC. The van der Waals surface area contributed by atoms with Gasteiger partial charge in [0.1, 0.15) is 0 Å². The Morgan fingerprint density at radius 1 is 1.42 bits per heavy atom. The lowest BCUT2D eigenvalue weighted by molar-refractivity contribution is -0.146. The molecule has 0 aliphatic heterocycles. The quantitative estimate of drug-likeness (QED) is 0.641. The molecule has 0 fully saturated rings. The van der Waals surface area contributed by atoms with Gasteiger partial charge in [-0.15, -0.1) is 0 Å². The van der Waals surface area contributed by atoms with Gasteiger partial charge in [0, 0.05) is 0 Å². The number of halogens is 1. The fraction of sp³-hybridized carbons (Fsp3) is 0.231. The predicted molar refractivity (Wildman–Crippen MR) is 70.8 cm³/mol. The molecule has 0 aliphatic rings. The number of carbonyl (C=O) groups excluding carboxylic acids is 1. The highest BCUT2D eigenvalue weighted by Gasteiger charge is 2.11. The molecular weight excluding hydrogens is 272 g/mol. The van der Waals surface area contributed by atoms with Crippen LogP contribution in [0.15, 0.2) is 18.2 Å². The van der Waals surface area contributed by atoms with E-state index in [4.69, 9.17) is 26.2 Å². The van der Waals surface area contributed by atoms with Crippen molar-refractivity contribution in [1.82, 2.24) is 0 Å². The minimum absolute atomic E-state index is 0.323. The van der Waals surface area contributed by atoms with Crippen molar-refractivity contribution in [1.29, 1.82) is 0 Å². The summed E-state index contributed by atoms with van der Waals surface area (Å²) in [5.74, 6) is -1.70. The summed E-state index contributed by atoms with van der Waals surface area (Å²) in [5.41, 5.74) is 0.542. The molecule has 0 bridgehead atoms. The zero-order valence-electron chi connectivity index (χ0n) is 10.5. The van der Waals surface area contributed by atoms with Crippen molar-refractivity contribution in [2.24, 2.45) is 0 Å². The molecule has 102 valence electrons. The number of rotatable bonds is 6. The van der Waals surface area contributed by atoms with Crippen LogP contribution < -0.4 is 9.47 Å². The molecule has 0 amide bonds. The summed E-state index contributed by atoms with van der Waals surface area (Å²) in [7, 11) is 1.46. The summed E-state index contributed by atoms with van der Waals surface area (Å²) in [5, 5.41) is 8.78. The summed E-state index contributed by atoms with van der Waals surface area (Å²) < 4.78 is 10.5. The average molecular weight is 285 g/mol. The maximum atomic E-state index is 10.9. The van der Waals surface area contributed by atoms with Crippen LogP contribution in [0.1, 0.15) is 12.5 Å². The van der Waals surface area contributed by atoms with Gasteiger partial charge in [0.2, 0.25) is 0 Å². The van der Waals surface area contributed by atoms with Crippen molar-refractivity contribution in [2.45, 2.75) is 6.92 Å². The molecule has 0 heterocycles. The number of carboxylic acid groups (broad SMARTS) is 1. The Morgan fingerprint density at radius 2 is 2.11 bits per heavy atom. The van der Waals surface area contributed by atoms with Crippen LogP contribution in [0.5, 0.6) is 11.5 Å². The summed E-state index contributed by atoms with van der Waals surface area (Å²) in [4.78, 5) is 21.3. The molecule has 1 N–H and O–H groups in total. The zero-order valence-corrected chi connectivity index (χ0v) is 11.2.